The van der Waals surface area contributed by atoms with Crippen LogP contribution in [0.4, 0.5) is 0 Å². The lowest BCUT2D eigenvalue weighted by Gasteiger charge is -2.32. The van der Waals surface area contributed by atoms with Crippen molar-refractivity contribution in [2.75, 3.05) is 13.2 Å². The van der Waals surface area contributed by atoms with Gasteiger partial charge in [-0.2, -0.15) is 0 Å². The van der Waals surface area contributed by atoms with Gasteiger partial charge >= 0.3 is 11.9 Å². The quantitative estimate of drug-likeness (QED) is 0.447. The topological polar surface area (TPSA) is 85.4 Å². The molecule has 3 aliphatic rings. The number of carbonyl (C=O) groups is 2. The van der Waals surface area contributed by atoms with Gasteiger partial charge in [0.2, 0.25) is 0 Å². The summed E-state index contributed by atoms with van der Waals surface area (Å²) in [6.45, 7) is 5.69. The molecule has 2 aliphatic carbocycles. The Labute approximate surface area is 148 Å². The van der Waals surface area contributed by atoms with Crippen LogP contribution in [-0.2, 0) is 23.8 Å². The number of carbonyl (C=O) groups excluding carboxylic acids is 2. The van der Waals surface area contributed by atoms with Crippen LogP contribution in [-0.4, -0.2) is 48.6 Å². The molecule has 25 heavy (non-hydrogen) atoms. The second-order valence-electron chi connectivity index (χ2n) is 7.74. The first-order valence-electron chi connectivity index (χ1n) is 9.26. The predicted octanol–water partition coefficient (Wildman–Crippen LogP) is 1.99. The van der Waals surface area contributed by atoms with Gasteiger partial charge < -0.3 is 19.3 Å². The van der Waals surface area contributed by atoms with Crippen LogP contribution in [0.5, 0.6) is 0 Å². The van der Waals surface area contributed by atoms with Gasteiger partial charge in [0.15, 0.2) is 0 Å². The van der Waals surface area contributed by atoms with Crippen LogP contribution in [0.25, 0.3) is 0 Å². The molecule has 6 heteroatoms. The average Bonchev–Trinajstić information content (AvgIpc) is 3.37. The Bertz CT molecular complexity index is 530. The highest BCUT2D eigenvalue weighted by molar-refractivity contribution is 5.86. The van der Waals surface area contributed by atoms with Crippen molar-refractivity contribution < 1.29 is 28.9 Å². The molecule has 0 amide bonds. The molecule has 1 N–H and O–H groups in total. The van der Waals surface area contributed by atoms with Crippen LogP contribution < -0.4 is 0 Å². The Morgan fingerprint density at radius 2 is 1.88 bits per heavy atom. The summed E-state index contributed by atoms with van der Waals surface area (Å²) in [5.74, 6) is -0.721. The SMILES string of the molecule is C=C(C)C(=O)OCC1CC(C(=O)OCC2CCC3OC3C2)CCC1O. The van der Waals surface area contributed by atoms with E-state index in [1.807, 2.05) is 0 Å². The normalized spacial score (nSPS) is 36.9. The monoisotopic (exact) mass is 352 g/mol. The zero-order valence-electron chi connectivity index (χ0n) is 14.8. The second-order valence-corrected chi connectivity index (χ2v) is 7.74. The Hall–Kier alpha value is -1.40. The van der Waals surface area contributed by atoms with Gasteiger partial charge in [0.25, 0.3) is 0 Å². The number of esters is 2. The van der Waals surface area contributed by atoms with E-state index in [4.69, 9.17) is 14.2 Å². The van der Waals surface area contributed by atoms with Crippen LogP contribution in [0.1, 0.15) is 45.4 Å². The van der Waals surface area contributed by atoms with Crippen molar-refractivity contribution in [3.63, 3.8) is 0 Å². The van der Waals surface area contributed by atoms with Crippen LogP contribution in [0.3, 0.4) is 0 Å². The van der Waals surface area contributed by atoms with Crippen LogP contribution in [0.15, 0.2) is 12.2 Å². The summed E-state index contributed by atoms with van der Waals surface area (Å²) in [5, 5.41) is 10.1. The first-order chi connectivity index (χ1) is 11.9. The van der Waals surface area contributed by atoms with E-state index >= 15 is 0 Å². The summed E-state index contributed by atoms with van der Waals surface area (Å²) in [6.07, 6.45) is 5.02. The zero-order chi connectivity index (χ0) is 18.0. The van der Waals surface area contributed by atoms with Crippen LogP contribution >= 0.6 is 0 Å². The molecule has 3 fully saturated rings. The number of hydrogen-bond acceptors (Lipinski definition) is 6. The summed E-state index contributed by atoms with van der Waals surface area (Å²) in [7, 11) is 0. The molecule has 1 aliphatic heterocycles. The Balaban J connectivity index is 1.42. The minimum Gasteiger partial charge on any atom is -0.465 e. The molecule has 0 spiro atoms. The number of aliphatic hydroxyl groups excluding tert-OH is 1. The van der Waals surface area contributed by atoms with Gasteiger partial charge in [0.05, 0.1) is 37.4 Å². The van der Waals surface area contributed by atoms with E-state index in [1.165, 1.54) is 0 Å². The minimum absolute atomic E-state index is 0.111. The van der Waals surface area contributed by atoms with Gasteiger partial charge in [0.1, 0.15) is 0 Å². The van der Waals surface area contributed by atoms with Gasteiger partial charge in [-0.25, -0.2) is 4.79 Å². The van der Waals surface area contributed by atoms with Crippen molar-refractivity contribution in [3.05, 3.63) is 12.2 Å². The van der Waals surface area contributed by atoms with Crippen molar-refractivity contribution in [3.8, 4) is 0 Å². The van der Waals surface area contributed by atoms with Crippen molar-refractivity contribution in [1.29, 1.82) is 0 Å². The van der Waals surface area contributed by atoms with E-state index in [9.17, 15) is 14.7 Å². The van der Waals surface area contributed by atoms with Crippen LogP contribution in [0.2, 0.25) is 0 Å². The highest BCUT2D eigenvalue weighted by Crippen LogP contribution is 2.39. The number of epoxide rings is 1. The summed E-state index contributed by atoms with van der Waals surface area (Å²) in [6, 6.07) is 0. The van der Waals surface area contributed by atoms with E-state index in [0.29, 0.717) is 49.6 Å². The highest BCUT2D eigenvalue weighted by atomic mass is 16.6. The van der Waals surface area contributed by atoms with Gasteiger partial charge in [-0.15, -0.1) is 0 Å². The first-order valence-corrected chi connectivity index (χ1v) is 9.26. The average molecular weight is 352 g/mol. The number of rotatable bonds is 6. The van der Waals surface area contributed by atoms with Gasteiger partial charge in [-0.05, 0) is 51.4 Å². The smallest absolute Gasteiger partial charge is 0.333 e. The molecule has 6 unspecified atom stereocenters. The van der Waals surface area contributed by atoms with E-state index < -0.39 is 12.1 Å². The number of aliphatic hydroxyl groups is 1. The van der Waals surface area contributed by atoms with Crippen LogP contribution in [0, 0.1) is 17.8 Å². The van der Waals surface area contributed by atoms with Crippen molar-refractivity contribution >= 4 is 11.9 Å². The molecule has 0 radical (unpaired) electrons. The lowest BCUT2D eigenvalue weighted by atomic mass is 9.80. The molecule has 1 saturated heterocycles. The summed E-state index contributed by atoms with van der Waals surface area (Å²) >= 11 is 0. The van der Waals surface area contributed by atoms with Gasteiger partial charge in [0, 0.05) is 11.5 Å². The maximum absolute atomic E-state index is 12.4. The molecule has 2 saturated carbocycles. The van der Waals surface area contributed by atoms with Gasteiger partial charge in [-0.1, -0.05) is 6.58 Å². The van der Waals surface area contributed by atoms with E-state index in [2.05, 4.69) is 6.58 Å². The van der Waals surface area contributed by atoms with E-state index in [0.717, 1.165) is 19.3 Å². The molecular weight excluding hydrogens is 324 g/mol. The summed E-state index contributed by atoms with van der Waals surface area (Å²) in [5.41, 5.74) is 0.329. The molecule has 140 valence electrons. The third-order valence-corrected chi connectivity index (χ3v) is 5.63. The first kappa shape index (κ1) is 18.4. The number of ether oxygens (including phenoxy) is 3. The van der Waals surface area contributed by atoms with Crippen molar-refractivity contribution in [2.45, 2.75) is 63.8 Å². The predicted molar refractivity (Wildman–Crippen MR) is 89.6 cm³/mol. The molecule has 0 aromatic carbocycles. The fourth-order valence-electron chi connectivity index (χ4n) is 3.90. The second kappa shape index (κ2) is 7.87. The van der Waals surface area contributed by atoms with Crippen molar-refractivity contribution in [2.24, 2.45) is 17.8 Å². The molecule has 0 bridgehead atoms. The fraction of sp³-hybridized carbons (Fsp3) is 0.789. The molecule has 6 atom stereocenters. The standard InChI is InChI=1S/C19H28O6/c1-11(2)18(21)24-10-14-8-13(4-5-15(14)20)19(22)23-9-12-3-6-16-17(7-12)25-16/h12-17,20H,1,3-10H2,2H3. The summed E-state index contributed by atoms with van der Waals surface area (Å²) < 4.78 is 16.2. The number of hydrogen-bond donors (Lipinski definition) is 1. The molecule has 0 aromatic rings. The van der Waals surface area contributed by atoms with Gasteiger partial charge in [-0.3, -0.25) is 4.79 Å². The lowest BCUT2D eigenvalue weighted by Crippen LogP contribution is -2.36. The Morgan fingerprint density at radius 1 is 1.08 bits per heavy atom. The maximum atomic E-state index is 12.4. The fourth-order valence-corrected chi connectivity index (χ4v) is 3.90. The number of fused-ring (bicyclic) bond motifs is 1. The molecule has 3 rings (SSSR count). The maximum Gasteiger partial charge on any atom is 0.333 e. The molecule has 6 nitrogen and oxygen atoms in total. The lowest BCUT2D eigenvalue weighted by molar-refractivity contribution is -0.154. The minimum atomic E-state index is -0.552. The molecule has 0 aromatic heterocycles. The molecular formula is C19H28O6. The largest absolute Gasteiger partial charge is 0.465 e. The third-order valence-electron chi connectivity index (χ3n) is 5.63. The highest BCUT2D eigenvalue weighted by Gasteiger charge is 2.44. The Morgan fingerprint density at radius 3 is 2.60 bits per heavy atom. The third kappa shape index (κ3) is 4.82. The zero-order valence-corrected chi connectivity index (χ0v) is 14.8. The van der Waals surface area contributed by atoms with Crippen molar-refractivity contribution in [1.82, 2.24) is 0 Å². The summed E-state index contributed by atoms with van der Waals surface area (Å²) in [4.78, 5) is 23.9. The van der Waals surface area contributed by atoms with E-state index in [1.54, 1.807) is 6.92 Å². The Kier molecular flexibility index (Phi) is 5.79. The van der Waals surface area contributed by atoms with E-state index in [-0.39, 0.29) is 24.4 Å². The molecule has 1 heterocycles.